The van der Waals surface area contributed by atoms with Gasteiger partial charge >= 0.3 is 0 Å². The minimum atomic E-state index is 0.537. The van der Waals surface area contributed by atoms with Crippen molar-refractivity contribution >= 4 is 0 Å². The van der Waals surface area contributed by atoms with E-state index in [1.165, 1.54) is 11.1 Å². The third-order valence-electron chi connectivity index (χ3n) is 3.38. The van der Waals surface area contributed by atoms with Crippen molar-refractivity contribution in [3.8, 4) is 0 Å². The van der Waals surface area contributed by atoms with E-state index in [0.717, 1.165) is 25.2 Å². The zero-order valence-electron chi connectivity index (χ0n) is 11.9. The maximum atomic E-state index is 4.32. The summed E-state index contributed by atoms with van der Waals surface area (Å²) in [5.41, 5.74) is 2.71. The lowest BCUT2D eigenvalue weighted by molar-refractivity contribution is 0.471. The van der Waals surface area contributed by atoms with Crippen molar-refractivity contribution in [1.82, 2.24) is 20.1 Å². The van der Waals surface area contributed by atoms with Crippen LogP contribution in [0.25, 0.3) is 0 Å². The fourth-order valence-corrected chi connectivity index (χ4v) is 2.44. The first kappa shape index (κ1) is 13.7. The topological polar surface area (TPSA) is 42.7 Å². The Balaban J connectivity index is 2.06. The molecule has 0 saturated heterocycles. The van der Waals surface area contributed by atoms with Crippen LogP contribution < -0.4 is 5.32 Å². The Morgan fingerprint density at radius 3 is 2.79 bits per heavy atom. The molecule has 0 spiro atoms. The second-order valence-corrected chi connectivity index (χ2v) is 5.12. The molecule has 1 aromatic heterocycles. The van der Waals surface area contributed by atoms with Crippen molar-refractivity contribution in [3.63, 3.8) is 0 Å². The average Bonchev–Trinajstić information content (AvgIpc) is 2.75. The number of hydrogen-bond acceptors (Lipinski definition) is 3. The molecule has 1 atom stereocenters. The Kier molecular flexibility index (Phi) is 4.68. The average molecular weight is 258 g/mol. The first-order chi connectivity index (χ1) is 9.19. The highest BCUT2D eigenvalue weighted by Gasteiger charge is 2.13. The van der Waals surface area contributed by atoms with Crippen molar-refractivity contribution in [1.29, 1.82) is 0 Å². The van der Waals surface area contributed by atoms with E-state index in [1.54, 1.807) is 6.33 Å². The summed E-state index contributed by atoms with van der Waals surface area (Å²) in [6, 6.07) is 8.73. The number of aromatic nitrogens is 3. The summed E-state index contributed by atoms with van der Waals surface area (Å²) in [5, 5.41) is 7.41. The number of rotatable bonds is 6. The van der Waals surface area contributed by atoms with Crippen LogP contribution >= 0.6 is 0 Å². The van der Waals surface area contributed by atoms with Crippen LogP contribution in [0.3, 0.4) is 0 Å². The second kappa shape index (κ2) is 6.48. The zero-order valence-corrected chi connectivity index (χ0v) is 11.9. The van der Waals surface area contributed by atoms with Crippen LogP contribution in [0.5, 0.6) is 0 Å². The van der Waals surface area contributed by atoms with E-state index < -0.39 is 0 Å². The van der Waals surface area contributed by atoms with Crippen molar-refractivity contribution in [3.05, 3.63) is 47.5 Å². The molecule has 0 fully saturated rings. The standard InChI is InChI=1S/C15H22N4/c1-12-5-4-6-13(7-12)8-14(10-16-2)9-15-17-11-18-19(15)3/h4-7,11,14,16H,8-10H2,1-3H3. The number of aryl methyl sites for hydroxylation is 2. The van der Waals surface area contributed by atoms with Gasteiger partial charge in [0.05, 0.1) is 0 Å². The molecule has 0 bridgehead atoms. The minimum Gasteiger partial charge on any atom is -0.319 e. The van der Waals surface area contributed by atoms with Gasteiger partial charge in [0.15, 0.2) is 0 Å². The molecular formula is C15H22N4. The van der Waals surface area contributed by atoms with Crippen LogP contribution in [0.4, 0.5) is 0 Å². The van der Waals surface area contributed by atoms with E-state index in [1.807, 2.05) is 18.8 Å². The van der Waals surface area contributed by atoms with Gasteiger partial charge in [-0.25, -0.2) is 4.98 Å². The lowest BCUT2D eigenvalue weighted by atomic mass is 9.95. The maximum Gasteiger partial charge on any atom is 0.138 e. The molecule has 19 heavy (non-hydrogen) atoms. The van der Waals surface area contributed by atoms with Gasteiger partial charge < -0.3 is 5.32 Å². The smallest absolute Gasteiger partial charge is 0.138 e. The van der Waals surface area contributed by atoms with Crippen LogP contribution in [0, 0.1) is 12.8 Å². The predicted molar refractivity (Wildman–Crippen MR) is 77.0 cm³/mol. The Morgan fingerprint density at radius 2 is 2.16 bits per heavy atom. The Morgan fingerprint density at radius 1 is 1.32 bits per heavy atom. The van der Waals surface area contributed by atoms with Crippen LogP contribution in [0.2, 0.25) is 0 Å². The van der Waals surface area contributed by atoms with Gasteiger partial charge in [0.2, 0.25) is 0 Å². The van der Waals surface area contributed by atoms with E-state index in [9.17, 15) is 0 Å². The highest BCUT2D eigenvalue weighted by atomic mass is 15.3. The molecule has 1 aromatic carbocycles. The molecule has 0 aliphatic rings. The van der Waals surface area contributed by atoms with E-state index >= 15 is 0 Å². The number of nitrogens with one attached hydrogen (secondary N) is 1. The summed E-state index contributed by atoms with van der Waals surface area (Å²) in [7, 11) is 3.95. The Labute approximate surface area is 114 Å². The van der Waals surface area contributed by atoms with E-state index in [4.69, 9.17) is 0 Å². The molecule has 0 saturated carbocycles. The number of hydrogen-bond donors (Lipinski definition) is 1. The van der Waals surface area contributed by atoms with E-state index in [-0.39, 0.29) is 0 Å². The summed E-state index contributed by atoms with van der Waals surface area (Å²) in [6.45, 7) is 3.13. The second-order valence-electron chi connectivity index (χ2n) is 5.12. The summed E-state index contributed by atoms with van der Waals surface area (Å²) in [5.74, 6) is 1.59. The molecule has 2 rings (SSSR count). The van der Waals surface area contributed by atoms with Gasteiger partial charge in [-0.15, -0.1) is 0 Å². The lowest BCUT2D eigenvalue weighted by Gasteiger charge is -2.16. The molecule has 4 heteroatoms. The van der Waals surface area contributed by atoms with Gasteiger partial charge in [0.1, 0.15) is 12.2 Å². The third-order valence-corrected chi connectivity index (χ3v) is 3.38. The summed E-state index contributed by atoms with van der Waals surface area (Å²) < 4.78 is 1.86. The molecule has 0 amide bonds. The summed E-state index contributed by atoms with van der Waals surface area (Å²) in [4.78, 5) is 4.32. The highest BCUT2D eigenvalue weighted by Crippen LogP contribution is 2.14. The van der Waals surface area contributed by atoms with Gasteiger partial charge in [0, 0.05) is 13.5 Å². The molecular weight excluding hydrogens is 236 g/mol. The SMILES string of the molecule is CNCC(Cc1cccc(C)c1)Cc1ncnn1C. The van der Waals surface area contributed by atoms with Gasteiger partial charge in [0.25, 0.3) is 0 Å². The van der Waals surface area contributed by atoms with Crippen molar-refractivity contribution in [2.24, 2.45) is 13.0 Å². The van der Waals surface area contributed by atoms with Gasteiger partial charge in [-0.3, -0.25) is 4.68 Å². The molecule has 0 aliphatic heterocycles. The summed E-state index contributed by atoms with van der Waals surface area (Å²) in [6.07, 6.45) is 3.64. The fraction of sp³-hybridized carbons (Fsp3) is 0.467. The zero-order chi connectivity index (χ0) is 13.7. The molecule has 2 aromatic rings. The number of benzene rings is 1. The van der Waals surface area contributed by atoms with E-state index in [0.29, 0.717) is 5.92 Å². The maximum absolute atomic E-state index is 4.32. The highest BCUT2D eigenvalue weighted by molar-refractivity contribution is 5.22. The van der Waals surface area contributed by atoms with Crippen LogP contribution in [0.15, 0.2) is 30.6 Å². The van der Waals surface area contributed by atoms with E-state index in [2.05, 4.69) is 46.6 Å². The summed E-state index contributed by atoms with van der Waals surface area (Å²) >= 11 is 0. The Hall–Kier alpha value is -1.68. The molecule has 102 valence electrons. The lowest BCUT2D eigenvalue weighted by Crippen LogP contribution is -2.24. The van der Waals surface area contributed by atoms with Crippen molar-refractivity contribution in [2.45, 2.75) is 19.8 Å². The van der Waals surface area contributed by atoms with Crippen LogP contribution in [0.1, 0.15) is 17.0 Å². The van der Waals surface area contributed by atoms with Crippen LogP contribution in [-0.4, -0.2) is 28.4 Å². The molecule has 1 unspecified atom stereocenters. The molecule has 4 nitrogen and oxygen atoms in total. The molecule has 1 N–H and O–H groups in total. The van der Waals surface area contributed by atoms with Crippen molar-refractivity contribution in [2.75, 3.05) is 13.6 Å². The predicted octanol–water partition coefficient (Wildman–Crippen LogP) is 1.74. The monoisotopic (exact) mass is 258 g/mol. The van der Waals surface area contributed by atoms with Gasteiger partial charge in [-0.05, 0) is 38.4 Å². The molecule has 0 radical (unpaired) electrons. The van der Waals surface area contributed by atoms with Gasteiger partial charge in [-0.2, -0.15) is 5.10 Å². The van der Waals surface area contributed by atoms with Crippen molar-refractivity contribution < 1.29 is 0 Å². The minimum absolute atomic E-state index is 0.537. The van der Waals surface area contributed by atoms with Gasteiger partial charge in [-0.1, -0.05) is 29.8 Å². The number of nitrogens with zero attached hydrogens (tertiary/aromatic N) is 3. The quantitative estimate of drug-likeness (QED) is 0.858. The first-order valence-corrected chi connectivity index (χ1v) is 6.72. The molecule has 0 aliphatic carbocycles. The first-order valence-electron chi connectivity index (χ1n) is 6.72. The van der Waals surface area contributed by atoms with Crippen LogP contribution in [-0.2, 0) is 19.9 Å². The fourth-order valence-electron chi connectivity index (χ4n) is 2.44. The largest absolute Gasteiger partial charge is 0.319 e. The molecule has 1 heterocycles. The Bertz CT molecular complexity index is 518. The third kappa shape index (κ3) is 3.89. The normalized spacial score (nSPS) is 12.6.